The van der Waals surface area contributed by atoms with E-state index in [2.05, 4.69) is 12.2 Å². The van der Waals surface area contributed by atoms with Crippen LogP contribution in [0.3, 0.4) is 0 Å². The molecule has 1 unspecified atom stereocenters. The molecule has 1 rings (SSSR count). The van der Waals surface area contributed by atoms with Crippen molar-refractivity contribution < 1.29 is 9.90 Å². The number of Topliss-reactive ketones (excluding diaryl/α,β-unsaturated/α-hetero) is 1. The molecule has 0 amide bonds. The molecule has 1 aromatic rings. The molecule has 0 saturated carbocycles. The molecule has 0 heterocycles. The first-order chi connectivity index (χ1) is 8.71. The fraction of sp³-hybridized carbons (Fsp3) is 0.533. The second kappa shape index (κ2) is 7.88. The Bertz CT molecular complexity index is 359. The quantitative estimate of drug-likeness (QED) is 0.696. The van der Waals surface area contributed by atoms with Gasteiger partial charge >= 0.3 is 0 Å². The number of carbonyl (C=O) groups is 1. The Morgan fingerprint density at radius 3 is 2.44 bits per heavy atom. The number of hydrogen-bond acceptors (Lipinski definition) is 3. The molecular weight excluding hydrogens is 226 g/mol. The van der Waals surface area contributed by atoms with Gasteiger partial charge in [0.25, 0.3) is 0 Å². The molecule has 100 valence electrons. The third-order valence-corrected chi connectivity index (χ3v) is 3.24. The summed E-state index contributed by atoms with van der Waals surface area (Å²) < 4.78 is 0. The van der Waals surface area contributed by atoms with Gasteiger partial charge in [-0.1, -0.05) is 20.3 Å². The van der Waals surface area contributed by atoms with Crippen molar-refractivity contribution in [2.24, 2.45) is 5.92 Å². The van der Waals surface area contributed by atoms with Crippen molar-refractivity contribution in [1.29, 1.82) is 0 Å². The van der Waals surface area contributed by atoms with E-state index in [9.17, 15) is 4.79 Å². The molecule has 0 aliphatic heterocycles. The summed E-state index contributed by atoms with van der Waals surface area (Å²) in [5.41, 5.74) is 1.80. The first-order valence-corrected chi connectivity index (χ1v) is 6.69. The topological polar surface area (TPSA) is 49.3 Å². The van der Waals surface area contributed by atoms with Crippen molar-refractivity contribution in [1.82, 2.24) is 0 Å². The Kier molecular flexibility index (Phi) is 6.44. The van der Waals surface area contributed by atoms with Gasteiger partial charge in [0.15, 0.2) is 5.78 Å². The second-order valence-corrected chi connectivity index (χ2v) is 4.52. The van der Waals surface area contributed by atoms with Crippen LogP contribution in [0.2, 0.25) is 0 Å². The van der Waals surface area contributed by atoms with Crippen molar-refractivity contribution in [3.63, 3.8) is 0 Å². The van der Waals surface area contributed by atoms with Gasteiger partial charge in [-0.2, -0.15) is 0 Å². The first kappa shape index (κ1) is 14.7. The van der Waals surface area contributed by atoms with Gasteiger partial charge in [0.2, 0.25) is 0 Å². The largest absolute Gasteiger partial charge is 0.396 e. The zero-order valence-electron chi connectivity index (χ0n) is 11.3. The summed E-state index contributed by atoms with van der Waals surface area (Å²) in [4.78, 5) is 11.5. The lowest BCUT2D eigenvalue weighted by Gasteiger charge is -2.15. The lowest BCUT2D eigenvalue weighted by molar-refractivity contribution is 0.0988. The molecule has 2 N–H and O–H groups in total. The minimum Gasteiger partial charge on any atom is -0.396 e. The van der Waals surface area contributed by atoms with Gasteiger partial charge < -0.3 is 10.4 Å². The number of aliphatic hydroxyl groups excluding tert-OH is 1. The molecular formula is C15H23NO2. The average molecular weight is 249 g/mol. The van der Waals surface area contributed by atoms with Crippen LogP contribution in [0.4, 0.5) is 5.69 Å². The Labute approximate surface area is 109 Å². The van der Waals surface area contributed by atoms with Gasteiger partial charge in [-0.15, -0.1) is 0 Å². The highest BCUT2D eigenvalue weighted by molar-refractivity contribution is 5.96. The fourth-order valence-corrected chi connectivity index (χ4v) is 1.87. The third kappa shape index (κ3) is 4.49. The van der Waals surface area contributed by atoms with Crippen molar-refractivity contribution in [2.45, 2.75) is 33.1 Å². The van der Waals surface area contributed by atoms with E-state index in [1.165, 1.54) is 0 Å². The van der Waals surface area contributed by atoms with Gasteiger partial charge in [-0.3, -0.25) is 4.79 Å². The highest BCUT2D eigenvalue weighted by Gasteiger charge is 2.06. The fourth-order valence-electron chi connectivity index (χ4n) is 1.87. The van der Waals surface area contributed by atoms with Crippen LogP contribution in [0.25, 0.3) is 0 Å². The van der Waals surface area contributed by atoms with Gasteiger partial charge in [0, 0.05) is 30.8 Å². The molecule has 1 aromatic carbocycles. The number of nitrogens with one attached hydrogen (secondary N) is 1. The summed E-state index contributed by atoms with van der Waals surface area (Å²) in [5.74, 6) is 0.667. The Morgan fingerprint density at radius 2 is 1.94 bits per heavy atom. The van der Waals surface area contributed by atoms with Crippen LogP contribution in [-0.2, 0) is 0 Å². The number of aliphatic hydroxyl groups is 1. The molecule has 1 atom stereocenters. The van der Waals surface area contributed by atoms with E-state index < -0.39 is 0 Å². The maximum absolute atomic E-state index is 11.5. The van der Waals surface area contributed by atoms with Crippen LogP contribution in [0, 0.1) is 5.92 Å². The molecule has 0 saturated heterocycles. The van der Waals surface area contributed by atoms with Crippen molar-refractivity contribution in [3.8, 4) is 0 Å². The predicted molar refractivity (Wildman–Crippen MR) is 75.0 cm³/mol. The minimum absolute atomic E-state index is 0.174. The van der Waals surface area contributed by atoms with E-state index in [0.29, 0.717) is 12.3 Å². The molecule has 3 nitrogen and oxygen atoms in total. The molecule has 3 heteroatoms. The van der Waals surface area contributed by atoms with Gasteiger partial charge in [-0.05, 0) is 36.6 Å². The van der Waals surface area contributed by atoms with Crippen LogP contribution >= 0.6 is 0 Å². The van der Waals surface area contributed by atoms with E-state index in [1.807, 2.05) is 31.2 Å². The molecule has 0 bridgehead atoms. The smallest absolute Gasteiger partial charge is 0.162 e. The number of ketones is 1. The number of rotatable bonds is 8. The zero-order chi connectivity index (χ0) is 13.4. The van der Waals surface area contributed by atoms with E-state index in [4.69, 9.17) is 5.11 Å². The van der Waals surface area contributed by atoms with E-state index in [1.54, 1.807) is 0 Å². The predicted octanol–water partition coefficient (Wildman–Crippen LogP) is 3.10. The van der Waals surface area contributed by atoms with Crippen molar-refractivity contribution in [3.05, 3.63) is 29.8 Å². The lowest BCUT2D eigenvalue weighted by Crippen LogP contribution is -2.15. The second-order valence-electron chi connectivity index (χ2n) is 4.52. The summed E-state index contributed by atoms with van der Waals surface area (Å²) in [5, 5.41) is 12.3. The minimum atomic E-state index is 0.174. The summed E-state index contributed by atoms with van der Waals surface area (Å²) in [6.45, 7) is 5.10. The molecule has 18 heavy (non-hydrogen) atoms. The van der Waals surface area contributed by atoms with Gasteiger partial charge in [-0.25, -0.2) is 0 Å². The van der Waals surface area contributed by atoms with Crippen LogP contribution < -0.4 is 5.32 Å². The highest BCUT2D eigenvalue weighted by Crippen LogP contribution is 2.14. The SMILES string of the molecule is CCC(=O)c1ccc(NCC(CC)CCO)cc1. The molecule has 0 aromatic heterocycles. The van der Waals surface area contributed by atoms with E-state index in [0.717, 1.165) is 30.6 Å². The van der Waals surface area contributed by atoms with E-state index in [-0.39, 0.29) is 12.4 Å². The summed E-state index contributed by atoms with van der Waals surface area (Å²) in [6.07, 6.45) is 2.43. The summed E-state index contributed by atoms with van der Waals surface area (Å²) in [6, 6.07) is 7.60. The number of hydrogen-bond donors (Lipinski definition) is 2. The molecule has 0 fully saturated rings. The van der Waals surface area contributed by atoms with Crippen molar-refractivity contribution in [2.75, 3.05) is 18.5 Å². The average Bonchev–Trinajstić information content (AvgIpc) is 2.43. The maximum atomic E-state index is 11.5. The monoisotopic (exact) mass is 249 g/mol. The summed E-state index contributed by atoms with van der Waals surface area (Å²) in [7, 11) is 0. The highest BCUT2D eigenvalue weighted by atomic mass is 16.3. The number of anilines is 1. The first-order valence-electron chi connectivity index (χ1n) is 6.69. The van der Waals surface area contributed by atoms with Crippen LogP contribution in [0.15, 0.2) is 24.3 Å². The Hall–Kier alpha value is -1.35. The standard InChI is InChI=1S/C15H23NO2/c1-3-12(9-10-17)11-16-14-7-5-13(6-8-14)15(18)4-2/h5-8,12,16-17H,3-4,9-11H2,1-2H3. The molecule has 0 aliphatic carbocycles. The lowest BCUT2D eigenvalue weighted by atomic mass is 10.0. The number of benzene rings is 1. The maximum Gasteiger partial charge on any atom is 0.162 e. The Balaban J connectivity index is 2.50. The third-order valence-electron chi connectivity index (χ3n) is 3.24. The molecule has 0 radical (unpaired) electrons. The summed E-state index contributed by atoms with van der Waals surface area (Å²) >= 11 is 0. The van der Waals surface area contributed by atoms with Crippen LogP contribution in [-0.4, -0.2) is 24.0 Å². The van der Waals surface area contributed by atoms with Gasteiger partial charge in [0.05, 0.1) is 0 Å². The Morgan fingerprint density at radius 1 is 1.28 bits per heavy atom. The van der Waals surface area contributed by atoms with Crippen LogP contribution in [0.5, 0.6) is 0 Å². The molecule has 0 spiro atoms. The van der Waals surface area contributed by atoms with Crippen molar-refractivity contribution >= 4 is 11.5 Å². The molecule has 0 aliphatic rings. The number of carbonyl (C=O) groups excluding carboxylic acids is 1. The van der Waals surface area contributed by atoms with Crippen LogP contribution in [0.1, 0.15) is 43.5 Å². The van der Waals surface area contributed by atoms with E-state index >= 15 is 0 Å². The normalized spacial score (nSPS) is 12.2. The zero-order valence-corrected chi connectivity index (χ0v) is 11.3. The van der Waals surface area contributed by atoms with Gasteiger partial charge in [0.1, 0.15) is 0 Å².